The summed E-state index contributed by atoms with van der Waals surface area (Å²) in [5.74, 6) is 0.652. The Bertz CT molecular complexity index is 463. The Morgan fingerprint density at radius 3 is 2.53 bits per heavy atom. The Balaban J connectivity index is 2.17. The van der Waals surface area contributed by atoms with Crippen molar-refractivity contribution in [3.05, 3.63) is 48.8 Å². The van der Waals surface area contributed by atoms with E-state index < -0.39 is 0 Å². The van der Waals surface area contributed by atoms with Crippen LogP contribution in [0.1, 0.15) is 13.8 Å². The molecule has 0 bridgehead atoms. The van der Waals surface area contributed by atoms with Gasteiger partial charge in [-0.3, -0.25) is 4.98 Å². The average Bonchev–Trinajstić information content (AvgIpc) is 2.38. The predicted molar refractivity (Wildman–Crippen MR) is 73.0 cm³/mol. The quantitative estimate of drug-likeness (QED) is 0.857. The maximum atomic E-state index is 4.04. The third-order valence-electron chi connectivity index (χ3n) is 2.59. The van der Waals surface area contributed by atoms with E-state index in [9.17, 15) is 0 Å². The van der Waals surface area contributed by atoms with E-state index in [1.807, 2.05) is 24.5 Å². The summed E-state index contributed by atoms with van der Waals surface area (Å²) in [5.41, 5.74) is 3.60. The Morgan fingerprint density at radius 1 is 1.06 bits per heavy atom. The van der Waals surface area contributed by atoms with Crippen molar-refractivity contribution in [3.8, 4) is 11.1 Å². The molecule has 0 aliphatic carbocycles. The molecule has 17 heavy (non-hydrogen) atoms. The van der Waals surface area contributed by atoms with Crippen LogP contribution >= 0.6 is 0 Å². The van der Waals surface area contributed by atoms with Crippen molar-refractivity contribution >= 4 is 5.69 Å². The molecule has 0 saturated carbocycles. The number of aromatic nitrogens is 1. The van der Waals surface area contributed by atoms with Gasteiger partial charge < -0.3 is 5.32 Å². The van der Waals surface area contributed by atoms with Crippen LogP contribution in [0.2, 0.25) is 0 Å². The molecule has 0 atom stereocenters. The summed E-state index contributed by atoms with van der Waals surface area (Å²) in [5, 5.41) is 3.44. The number of nitrogens with one attached hydrogen (secondary N) is 1. The fraction of sp³-hybridized carbons (Fsp3) is 0.267. The summed E-state index contributed by atoms with van der Waals surface area (Å²) in [6.45, 7) is 5.42. The van der Waals surface area contributed by atoms with E-state index in [0.717, 1.165) is 6.54 Å². The molecule has 1 heterocycles. The molecule has 2 heteroatoms. The monoisotopic (exact) mass is 226 g/mol. The molecule has 1 N–H and O–H groups in total. The molecular weight excluding hydrogens is 208 g/mol. The maximum Gasteiger partial charge on any atom is 0.0346 e. The molecule has 1 aromatic heterocycles. The lowest BCUT2D eigenvalue weighted by Crippen LogP contribution is -2.07. The largest absolute Gasteiger partial charge is 0.385 e. The molecule has 2 aromatic rings. The first kappa shape index (κ1) is 11.6. The van der Waals surface area contributed by atoms with Gasteiger partial charge >= 0.3 is 0 Å². The van der Waals surface area contributed by atoms with Crippen LogP contribution in [-0.4, -0.2) is 11.5 Å². The van der Waals surface area contributed by atoms with Gasteiger partial charge in [0.2, 0.25) is 0 Å². The SMILES string of the molecule is CC(C)CNc1cccc(-c2ccncc2)c1. The second-order valence-corrected chi connectivity index (χ2v) is 4.59. The molecule has 0 fully saturated rings. The first-order valence-corrected chi connectivity index (χ1v) is 6.00. The van der Waals surface area contributed by atoms with Crippen LogP contribution < -0.4 is 5.32 Å². The third-order valence-corrected chi connectivity index (χ3v) is 2.59. The number of hydrogen-bond donors (Lipinski definition) is 1. The number of anilines is 1. The van der Waals surface area contributed by atoms with E-state index >= 15 is 0 Å². The molecule has 0 spiro atoms. The van der Waals surface area contributed by atoms with Crippen molar-refractivity contribution in [3.63, 3.8) is 0 Å². The molecule has 2 nitrogen and oxygen atoms in total. The van der Waals surface area contributed by atoms with Gasteiger partial charge in [-0.2, -0.15) is 0 Å². The predicted octanol–water partition coefficient (Wildman–Crippen LogP) is 3.82. The molecule has 0 unspecified atom stereocenters. The van der Waals surface area contributed by atoms with Crippen LogP contribution in [0.3, 0.4) is 0 Å². The molecule has 0 saturated heterocycles. The van der Waals surface area contributed by atoms with E-state index in [1.54, 1.807) is 0 Å². The summed E-state index contributed by atoms with van der Waals surface area (Å²) in [7, 11) is 0. The van der Waals surface area contributed by atoms with E-state index in [2.05, 4.69) is 48.4 Å². The van der Waals surface area contributed by atoms with E-state index in [1.165, 1.54) is 16.8 Å². The highest BCUT2D eigenvalue weighted by atomic mass is 14.9. The fourth-order valence-corrected chi connectivity index (χ4v) is 1.68. The van der Waals surface area contributed by atoms with Crippen molar-refractivity contribution in [2.24, 2.45) is 5.92 Å². The standard InChI is InChI=1S/C15H18N2/c1-12(2)11-17-15-5-3-4-14(10-15)13-6-8-16-9-7-13/h3-10,12,17H,11H2,1-2H3. The fourth-order valence-electron chi connectivity index (χ4n) is 1.68. The maximum absolute atomic E-state index is 4.04. The molecule has 0 aliphatic rings. The lowest BCUT2D eigenvalue weighted by Gasteiger charge is -2.10. The van der Waals surface area contributed by atoms with Crippen molar-refractivity contribution < 1.29 is 0 Å². The van der Waals surface area contributed by atoms with Crippen LogP contribution in [0.4, 0.5) is 5.69 Å². The summed E-state index contributed by atoms with van der Waals surface area (Å²) < 4.78 is 0. The van der Waals surface area contributed by atoms with E-state index in [0.29, 0.717) is 5.92 Å². The van der Waals surface area contributed by atoms with Crippen LogP contribution in [0.15, 0.2) is 48.8 Å². The summed E-state index contributed by atoms with van der Waals surface area (Å²) in [6, 6.07) is 12.5. The number of hydrogen-bond acceptors (Lipinski definition) is 2. The van der Waals surface area contributed by atoms with Crippen LogP contribution in [0.5, 0.6) is 0 Å². The number of rotatable bonds is 4. The Labute approximate surface area is 103 Å². The van der Waals surface area contributed by atoms with Crippen LogP contribution in [0, 0.1) is 5.92 Å². The number of pyridine rings is 1. The number of benzene rings is 1. The Kier molecular flexibility index (Phi) is 3.76. The summed E-state index contributed by atoms with van der Waals surface area (Å²) in [4.78, 5) is 4.04. The lowest BCUT2D eigenvalue weighted by atomic mass is 10.1. The molecule has 1 aromatic carbocycles. The van der Waals surface area contributed by atoms with Gasteiger partial charge in [0.1, 0.15) is 0 Å². The topological polar surface area (TPSA) is 24.9 Å². The number of nitrogens with zero attached hydrogens (tertiary/aromatic N) is 1. The zero-order chi connectivity index (χ0) is 12.1. The van der Waals surface area contributed by atoms with Gasteiger partial charge in [-0.15, -0.1) is 0 Å². The van der Waals surface area contributed by atoms with E-state index in [-0.39, 0.29) is 0 Å². The van der Waals surface area contributed by atoms with Gasteiger partial charge in [-0.25, -0.2) is 0 Å². The minimum atomic E-state index is 0.652. The minimum absolute atomic E-state index is 0.652. The molecule has 2 rings (SSSR count). The van der Waals surface area contributed by atoms with Crippen molar-refractivity contribution in [2.75, 3.05) is 11.9 Å². The minimum Gasteiger partial charge on any atom is -0.385 e. The Morgan fingerprint density at radius 2 is 1.82 bits per heavy atom. The van der Waals surface area contributed by atoms with Crippen molar-refractivity contribution in [2.45, 2.75) is 13.8 Å². The molecule has 0 amide bonds. The zero-order valence-corrected chi connectivity index (χ0v) is 10.4. The van der Waals surface area contributed by atoms with Crippen molar-refractivity contribution in [1.29, 1.82) is 0 Å². The normalized spacial score (nSPS) is 10.5. The second-order valence-electron chi connectivity index (χ2n) is 4.59. The van der Waals surface area contributed by atoms with Gasteiger partial charge in [0, 0.05) is 24.6 Å². The second kappa shape index (κ2) is 5.48. The zero-order valence-electron chi connectivity index (χ0n) is 10.4. The first-order chi connectivity index (χ1) is 8.25. The Hall–Kier alpha value is -1.83. The first-order valence-electron chi connectivity index (χ1n) is 6.00. The highest BCUT2D eigenvalue weighted by Crippen LogP contribution is 2.21. The van der Waals surface area contributed by atoms with Gasteiger partial charge in [-0.05, 0) is 41.3 Å². The lowest BCUT2D eigenvalue weighted by molar-refractivity contribution is 0.689. The smallest absolute Gasteiger partial charge is 0.0346 e. The van der Waals surface area contributed by atoms with Crippen LogP contribution in [0.25, 0.3) is 11.1 Å². The molecule has 0 radical (unpaired) electrons. The van der Waals surface area contributed by atoms with E-state index in [4.69, 9.17) is 0 Å². The van der Waals surface area contributed by atoms with Gasteiger partial charge in [-0.1, -0.05) is 26.0 Å². The third kappa shape index (κ3) is 3.31. The molecular formula is C15H18N2. The molecule has 88 valence electrons. The van der Waals surface area contributed by atoms with Crippen LogP contribution in [-0.2, 0) is 0 Å². The molecule has 0 aliphatic heterocycles. The van der Waals surface area contributed by atoms with Gasteiger partial charge in [0.05, 0.1) is 0 Å². The van der Waals surface area contributed by atoms with Gasteiger partial charge in [0.15, 0.2) is 0 Å². The average molecular weight is 226 g/mol. The van der Waals surface area contributed by atoms with Crippen molar-refractivity contribution in [1.82, 2.24) is 4.98 Å². The summed E-state index contributed by atoms with van der Waals surface area (Å²) >= 11 is 0. The van der Waals surface area contributed by atoms with Gasteiger partial charge in [0.25, 0.3) is 0 Å². The highest BCUT2D eigenvalue weighted by Gasteiger charge is 1.99. The summed E-state index contributed by atoms with van der Waals surface area (Å²) in [6.07, 6.45) is 3.65. The highest BCUT2D eigenvalue weighted by molar-refractivity contribution is 5.67.